The smallest absolute Gasteiger partial charge is 0.251 e. The minimum atomic E-state index is -3.52. The van der Waals surface area contributed by atoms with E-state index in [9.17, 15) is 18.0 Å². The fourth-order valence-corrected chi connectivity index (χ4v) is 5.46. The van der Waals surface area contributed by atoms with E-state index in [2.05, 4.69) is 10.2 Å². The van der Waals surface area contributed by atoms with Crippen LogP contribution in [-0.2, 0) is 16.6 Å². The van der Waals surface area contributed by atoms with Gasteiger partial charge in [-0.15, -0.1) is 0 Å². The third-order valence-electron chi connectivity index (χ3n) is 5.99. The van der Waals surface area contributed by atoms with Crippen molar-refractivity contribution in [1.29, 1.82) is 0 Å². The van der Waals surface area contributed by atoms with Gasteiger partial charge in [-0.3, -0.25) is 9.59 Å². The Morgan fingerprint density at radius 1 is 1.06 bits per heavy atom. The van der Waals surface area contributed by atoms with Crippen LogP contribution in [0.2, 0.25) is 0 Å². The molecule has 2 aromatic carbocycles. The second kappa shape index (κ2) is 8.89. The molecule has 2 heterocycles. The second-order valence-corrected chi connectivity index (χ2v) is 11.1. The molecule has 4 rings (SSSR count). The Kier molecular flexibility index (Phi) is 6.30. The van der Waals surface area contributed by atoms with Crippen LogP contribution in [-0.4, -0.2) is 68.1 Å². The van der Waals surface area contributed by atoms with Crippen molar-refractivity contribution in [3.05, 3.63) is 59.2 Å². The molecule has 0 atom stereocenters. The van der Waals surface area contributed by atoms with E-state index in [4.69, 9.17) is 4.74 Å². The Morgan fingerprint density at radius 3 is 2.39 bits per heavy atom. The molecule has 176 valence electrons. The number of fused-ring (bicyclic) bond motifs is 1. The average Bonchev–Trinajstić information content (AvgIpc) is 2.77. The molecule has 0 unspecified atom stereocenters. The number of rotatable bonds is 5. The number of amides is 1. The van der Waals surface area contributed by atoms with Gasteiger partial charge >= 0.3 is 0 Å². The summed E-state index contributed by atoms with van der Waals surface area (Å²) in [7, 11) is -1.55. The van der Waals surface area contributed by atoms with E-state index < -0.39 is 15.6 Å². The number of carbonyl (C=O) groups excluding carboxylic acids is 2. The van der Waals surface area contributed by atoms with Crippen molar-refractivity contribution in [2.75, 3.05) is 33.2 Å². The van der Waals surface area contributed by atoms with E-state index in [0.29, 0.717) is 43.1 Å². The van der Waals surface area contributed by atoms with Crippen molar-refractivity contribution in [2.24, 2.45) is 0 Å². The quantitative estimate of drug-likeness (QED) is 0.719. The average molecular weight is 472 g/mol. The van der Waals surface area contributed by atoms with Gasteiger partial charge in [0.25, 0.3) is 5.91 Å². The number of likely N-dealkylation sites (N-methyl/N-ethyl adjacent to an activating group) is 1. The van der Waals surface area contributed by atoms with Crippen LogP contribution in [0.5, 0.6) is 5.75 Å². The summed E-state index contributed by atoms with van der Waals surface area (Å²) in [5.41, 5.74) is 1.01. The second-order valence-electron chi connectivity index (χ2n) is 9.21. The summed E-state index contributed by atoms with van der Waals surface area (Å²) in [5, 5.41) is 2.82. The predicted molar refractivity (Wildman–Crippen MR) is 124 cm³/mol. The molecule has 1 fully saturated rings. The Hall–Kier alpha value is -2.75. The van der Waals surface area contributed by atoms with Gasteiger partial charge in [-0.2, -0.15) is 4.31 Å². The maximum absolute atomic E-state index is 12.8. The number of sulfonamides is 1. The third-order valence-corrected chi connectivity index (χ3v) is 7.90. The molecule has 1 saturated heterocycles. The summed E-state index contributed by atoms with van der Waals surface area (Å²) in [5.74, 6) is 0.127. The number of hydrogen-bond acceptors (Lipinski definition) is 6. The fraction of sp³-hybridized carbons (Fsp3) is 0.417. The zero-order valence-corrected chi connectivity index (χ0v) is 19.9. The highest BCUT2D eigenvalue weighted by Gasteiger charge is 2.33. The van der Waals surface area contributed by atoms with E-state index in [0.717, 1.165) is 5.56 Å². The van der Waals surface area contributed by atoms with Gasteiger partial charge in [0, 0.05) is 38.3 Å². The van der Waals surface area contributed by atoms with Crippen LogP contribution >= 0.6 is 0 Å². The van der Waals surface area contributed by atoms with E-state index in [1.807, 2.05) is 20.9 Å². The van der Waals surface area contributed by atoms with Crippen LogP contribution in [0.4, 0.5) is 0 Å². The van der Waals surface area contributed by atoms with Crippen molar-refractivity contribution >= 4 is 21.7 Å². The molecule has 1 N–H and O–H groups in total. The van der Waals surface area contributed by atoms with Crippen molar-refractivity contribution in [3.63, 3.8) is 0 Å². The van der Waals surface area contributed by atoms with Crippen LogP contribution < -0.4 is 10.1 Å². The Balaban J connectivity index is 1.39. The number of hydrogen-bond donors (Lipinski definition) is 1. The summed E-state index contributed by atoms with van der Waals surface area (Å²) >= 11 is 0. The zero-order valence-electron chi connectivity index (χ0n) is 19.1. The first-order valence-electron chi connectivity index (χ1n) is 11.0. The molecule has 0 aliphatic carbocycles. The van der Waals surface area contributed by atoms with Crippen LogP contribution in [0.1, 0.15) is 46.5 Å². The van der Waals surface area contributed by atoms with Crippen LogP contribution in [0.3, 0.4) is 0 Å². The van der Waals surface area contributed by atoms with Crippen molar-refractivity contribution in [3.8, 4) is 5.75 Å². The van der Waals surface area contributed by atoms with Gasteiger partial charge in [0.1, 0.15) is 11.4 Å². The molecule has 0 aromatic heterocycles. The maximum atomic E-state index is 12.8. The Labute approximate surface area is 194 Å². The molecular weight excluding hydrogens is 442 g/mol. The van der Waals surface area contributed by atoms with Crippen LogP contribution in [0, 0.1) is 0 Å². The van der Waals surface area contributed by atoms with E-state index >= 15 is 0 Å². The van der Waals surface area contributed by atoms with Gasteiger partial charge in [-0.1, -0.05) is 12.1 Å². The molecule has 0 saturated carbocycles. The number of carbonyl (C=O) groups is 2. The predicted octanol–water partition coefficient (Wildman–Crippen LogP) is 2.30. The monoisotopic (exact) mass is 471 g/mol. The number of ketones is 1. The van der Waals surface area contributed by atoms with Gasteiger partial charge < -0.3 is 15.0 Å². The minimum absolute atomic E-state index is 0.0481. The molecular formula is C24H29N3O5S. The zero-order chi connectivity index (χ0) is 23.8. The Morgan fingerprint density at radius 2 is 1.73 bits per heavy atom. The first kappa shape index (κ1) is 23.4. The summed E-state index contributed by atoms with van der Waals surface area (Å²) in [6, 6.07) is 11.4. The minimum Gasteiger partial charge on any atom is -0.487 e. The maximum Gasteiger partial charge on any atom is 0.251 e. The standard InChI is InChI=1S/C24H29N3O5S/c1-24(2)15-21(28)20-14-18(6-9-22(20)32-24)23(29)25-16-17-4-7-19(8-5-17)33(30,31)27-12-10-26(3)11-13-27/h4-9,14H,10-13,15-16H2,1-3H3,(H,25,29). The molecule has 2 aromatic rings. The highest BCUT2D eigenvalue weighted by atomic mass is 32.2. The van der Waals surface area contributed by atoms with Gasteiger partial charge in [-0.05, 0) is 56.8 Å². The van der Waals surface area contributed by atoms with E-state index in [1.54, 1.807) is 42.5 Å². The molecule has 33 heavy (non-hydrogen) atoms. The molecule has 0 radical (unpaired) electrons. The number of piperazine rings is 1. The summed E-state index contributed by atoms with van der Waals surface area (Å²) < 4.78 is 33.0. The first-order valence-corrected chi connectivity index (χ1v) is 12.4. The highest BCUT2D eigenvalue weighted by Crippen LogP contribution is 2.33. The Bertz CT molecular complexity index is 1170. The first-order chi connectivity index (χ1) is 15.5. The van der Waals surface area contributed by atoms with Gasteiger partial charge in [0.15, 0.2) is 5.78 Å². The number of nitrogens with zero attached hydrogens (tertiary/aromatic N) is 2. The number of nitrogens with one attached hydrogen (secondary N) is 1. The lowest BCUT2D eigenvalue weighted by molar-refractivity contribution is 0.0620. The highest BCUT2D eigenvalue weighted by molar-refractivity contribution is 7.89. The van der Waals surface area contributed by atoms with Crippen LogP contribution in [0.15, 0.2) is 47.4 Å². The summed E-state index contributed by atoms with van der Waals surface area (Å²) in [6.07, 6.45) is 0.258. The number of Topliss-reactive ketones (excluding diaryl/α,β-unsaturated/α-hetero) is 1. The van der Waals surface area contributed by atoms with Gasteiger partial charge in [-0.25, -0.2) is 8.42 Å². The molecule has 0 bridgehead atoms. The topological polar surface area (TPSA) is 96.0 Å². The normalized spacial score (nSPS) is 18.9. The molecule has 0 spiro atoms. The number of ether oxygens (including phenoxy) is 1. The molecule has 2 aliphatic rings. The summed E-state index contributed by atoms with van der Waals surface area (Å²) in [4.78, 5) is 27.4. The van der Waals surface area contributed by atoms with Crippen molar-refractivity contribution in [2.45, 2.75) is 37.3 Å². The summed E-state index contributed by atoms with van der Waals surface area (Å²) in [6.45, 7) is 6.32. The number of benzene rings is 2. The molecule has 1 amide bonds. The lowest BCUT2D eigenvalue weighted by Crippen LogP contribution is -2.47. The molecule has 9 heteroatoms. The third kappa shape index (κ3) is 5.10. The molecule has 2 aliphatic heterocycles. The fourth-order valence-electron chi connectivity index (χ4n) is 4.03. The van der Waals surface area contributed by atoms with Gasteiger partial charge in [0.2, 0.25) is 10.0 Å². The lowest BCUT2D eigenvalue weighted by Gasteiger charge is -2.31. The molecule has 8 nitrogen and oxygen atoms in total. The lowest BCUT2D eigenvalue weighted by atomic mass is 9.92. The largest absolute Gasteiger partial charge is 0.487 e. The van der Waals surface area contributed by atoms with Crippen molar-refractivity contribution in [1.82, 2.24) is 14.5 Å². The van der Waals surface area contributed by atoms with Gasteiger partial charge in [0.05, 0.1) is 16.9 Å². The van der Waals surface area contributed by atoms with E-state index in [1.165, 1.54) is 4.31 Å². The van der Waals surface area contributed by atoms with Crippen LogP contribution in [0.25, 0.3) is 0 Å². The van der Waals surface area contributed by atoms with Crippen molar-refractivity contribution < 1.29 is 22.7 Å². The van der Waals surface area contributed by atoms with E-state index in [-0.39, 0.29) is 29.6 Å². The SMILES string of the molecule is CN1CCN(S(=O)(=O)c2ccc(CNC(=O)c3ccc4c(c3)C(=O)CC(C)(C)O4)cc2)CC1.